The average molecular weight is 225 g/mol. The number of amides is 1. The smallest absolute Gasteiger partial charge is 0.234 e. The minimum absolute atomic E-state index is 0.0220. The quantitative estimate of drug-likeness (QED) is 0.713. The van der Waals surface area contributed by atoms with Crippen molar-refractivity contribution in [2.45, 2.75) is 13.0 Å². The fourth-order valence-electron chi connectivity index (χ4n) is 1.03. The van der Waals surface area contributed by atoms with Crippen LogP contribution in [-0.2, 0) is 4.79 Å². The van der Waals surface area contributed by atoms with Crippen LogP contribution in [0.1, 0.15) is 17.8 Å². The summed E-state index contributed by atoms with van der Waals surface area (Å²) in [6.07, 6.45) is 3.47. The molecule has 0 bridgehead atoms. The number of carbonyl (C=O) groups excluding carboxylic acids is 1. The largest absolute Gasteiger partial charge is 0.352 e. The van der Waals surface area contributed by atoms with Crippen LogP contribution in [0.2, 0.25) is 0 Å². The molecule has 0 fully saturated rings. The Hall–Kier alpha value is -1.20. The van der Waals surface area contributed by atoms with Crippen molar-refractivity contribution >= 4 is 17.2 Å². The zero-order valence-corrected chi connectivity index (χ0v) is 9.51. The third-order valence-electron chi connectivity index (χ3n) is 1.89. The molecule has 0 spiro atoms. The Morgan fingerprint density at radius 1 is 1.80 bits per heavy atom. The minimum Gasteiger partial charge on any atom is -0.352 e. The molecule has 0 saturated carbocycles. The first-order chi connectivity index (χ1) is 7.24. The lowest BCUT2D eigenvalue weighted by Gasteiger charge is -2.10. The molecule has 1 rings (SSSR count). The fourth-order valence-corrected chi connectivity index (χ4v) is 1.69. The Kier molecular flexibility index (Phi) is 5.00. The number of hydrogen-bond donors (Lipinski definition) is 2. The molecule has 0 aliphatic heterocycles. The maximum Gasteiger partial charge on any atom is 0.234 e. The highest BCUT2D eigenvalue weighted by molar-refractivity contribution is 7.09. The van der Waals surface area contributed by atoms with Crippen LogP contribution in [0.4, 0.5) is 0 Å². The fraction of sp³-hybridized carbons (Fsp3) is 0.400. The van der Waals surface area contributed by atoms with Gasteiger partial charge in [-0.3, -0.25) is 9.78 Å². The first-order valence-electron chi connectivity index (χ1n) is 4.73. The molecule has 1 heterocycles. The third-order valence-corrected chi connectivity index (χ3v) is 2.85. The van der Waals surface area contributed by atoms with Crippen molar-refractivity contribution in [1.82, 2.24) is 15.6 Å². The summed E-state index contributed by atoms with van der Waals surface area (Å²) in [5.74, 6) is -0.0220. The van der Waals surface area contributed by atoms with Gasteiger partial charge in [-0.05, 0) is 6.92 Å². The van der Waals surface area contributed by atoms with Gasteiger partial charge < -0.3 is 10.6 Å². The van der Waals surface area contributed by atoms with Crippen LogP contribution < -0.4 is 10.6 Å². The van der Waals surface area contributed by atoms with Gasteiger partial charge in [0.05, 0.1) is 12.1 Å². The summed E-state index contributed by atoms with van der Waals surface area (Å²) < 4.78 is 0. The molecule has 0 aliphatic rings. The van der Waals surface area contributed by atoms with Crippen LogP contribution in [0.5, 0.6) is 0 Å². The highest BCUT2D eigenvalue weighted by atomic mass is 32.1. The van der Waals surface area contributed by atoms with E-state index >= 15 is 0 Å². The predicted octanol–water partition coefficient (Wildman–Crippen LogP) is 1.10. The van der Waals surface area contributed by atoms with Crippen LogP contribution in [0, 0.1) is 0 Å². The second kappa shape index (κ2) is 6.31. The van der Waals surface area contributed by atoms with Gasteiger partial charge in [0.1, 0.15) is 0 Å². The van der Waals surface area contributed by atoms with E-state index in [1.807, 2.05) is 13.1 Å². The van der Waals surface area contributed by atoms with E-state index in [-0.39, 0.29) is 11.9 Å². The van der Waals surface area contributed by atoms with E-state index in [0.717, 1.165) is 4.88 Å². The molecular weight excluding hydrogens is 210 g/mol. The molecule has 1 unspecified atom stereocenters. The van der Waals surface area contributed by atoms with Gasteiger partial charge in [-0.25, -0.2) is 0 Å². The predicted molar refractivity (Wildman–Crippen MR) is 61.7 cm³/mol. The first-order valence-corrected chi connectivity index (χ1v) is 5.61. The van der Waals surface area contributed by atoms with Gasteiger partial charge in [0.2, 0.25) is 5.91 Å². The van der Waals surface area contributed by atoms with Crippen molar-refractivity contribution in [2.24, 2.45) is 0 Å². The highest BCUT2D eigenvalue weighted by Gasteiger charge is 2.07. The second-order valence-corrected chi connectivity index (χ2v) is 4.02. The summed E-state index contributed by atoms with van der Waals surface area (Å²) in [4.78, 5) is 16.4. The zero-order chi connectivity index (χ0) is 11.1. The summed E-state index contributed by atoms with van der Waals surface area (Å²) in [5.41, 5.74) is 1.78. The number of aromatic nitrogens is 1. The van der Waals surface area contributed by atoms with Crippen LogP contribution >= 0.6 is 11.3 Å². The van der Waals surface area contributed by atoms with Gasteiger partial charge in [0.25, 0.3) is 0 Å². The normalized spacial score (nSPS) is 12.1. The van der Waals surface area contributed by atoms with Gasteiger partial charge in [0.15, 0.2) is 0 Å². The Morgan fingerprint density at radius 3 is 3.20 bits per heavy atom. The molecular formula is C10H15N3OS. The number of rotatable bonds is 6. The molecule has 0 aromatic carbocycles. The average Bonchev–Trinajstić information content (AvgIpc) is 2.76. The summed E-state index contributed by atoms with van der Waals surface area (Å²) in [6.45, 7) is 6.36. The maximum absolute atomic E-state index is 11.2. The van der Waals surface area contributed by atoms with Crippen LogP contribution in [0.15, 0.2) is 24.4 Å². The van der Waals surface area contributed by atoms with E-state index in [9.17, 15) is 4.79 Å². The number of carbonyl (C=O) groups is 1. The molecule has 1 aromatic heterocycles. The SMILES string of the molecule is C=CCNC(=O)CNC(C)c1cncs1. The number of nitrogens with zero attached hydrogens (tertiary/aromatic N) is 1. The van der Waals surface area contributed by atoms with Gasteiger partial charge in [-0.2, -0.15) is 0 Å². The maximum atomic E-state index is 11.2. The Labute approximate surface area is 93.4 Å². The van der Waals surface area contributed by atoms with Crippen molar-refractivity contribution in [3.8, 4) is 0 Å². The van der Waals surface area contributed by atoms with E-state index in [1.165, 1.54) is 0 Å². The molecule has 1 atom stereocenters. The van der Waals surface area contributed by atoms with E-state index in [1.54, 1.807) is 22.9 Å². The molecule has 0 saturated heterocycles. The van der Waals surface area contributed by atoms with Gasteiger partial charge >= 0.3 is 0 Å². The standard InChI is InChI=1S/C10H15N3OS/c1-3-4-12-10(14)6-13-8(2)9-5-11-7-15-9/h3,5,7-8,13H,1,4,6H2,2H3,(H,12,14). The minimum atomic E-state index is -0.0220. The second-order valence-electron chi connectivity index (χ2n) is 3.10. The van der Waals surface area contributed by atoms with E-state index < -0.39 is 0 Å². The zero-order valence-electron chi connectivity index (χ0n) is 8.69. The summed E-state index contributed by atoms with van der Waals surface area (Å²) in [6, 6.07) is 0.159. The van der Waals surface area contributed by atoms with Gasteiger partial charge in [-0.15, -0.1) is 17.9 Å². The topological polar surface area (TPSA) is 54.0 Å². The number of thiazole rings is 1. The molecule has 0 radical (unpaired) electrons. The summed E-state index contributed by atoms with van der Waals surface area (Å²) in [7, 11) is 0. The summed E-state index contributed by atoms with van der Waals surface area (Å²) in [5, 5.41) is 5.82. The molecule has 1 amide bonds. The van der Waals surface area contributed by atoms with Crippen molar-refractivity contribution in [3.63, 3.8) is 0 Å². The van der Waals surface area contributed by atoms with E-state index in [0.29, 0.717) is 13.1 Å². The molecule has 5 heteroatoms. The van der Waals surface area contributed by atoms with E-state index in [4.69, 9.17) is 0 Å². The molecule has 2 N–H and O–H groups in total. The van der Waals surface area contributed by atoms with Gasteiger partial charge in [0, 0.05) is 23.7 Å². The number of hydrogen-bond acceptors (Lipinski definition) is 4. The first kappa shape index (κ1) is 11.9. The van der Waals surface area contributed by atoms with E-state index in [2.05, 4.69) is 22.2 Å². The third kappa shape index (κ3) is 4.22. The van der Waals surface area contributed by atoms with Crippen LogP contribution in [-0.4, -0.2) is 24.0 Å². The molecule has 82 valence electrons. The molecule has 0 aliphatic carbocycles. The lowest BCUT2D eigenvalue weighted by Crippen LogP contribution is -2.34. The lowest BCUT2D eigenvalue weighted by molar-refractivity contribution is -0.120. The van der Waals surface area contributed by atoms with Crippen molar-refractivity contribution in [1.29, 1.82) is 0 Å². The molecule has 4 nitrogen and oxygen atoms in total. The summed E-state index contributed by atoms with van der Waals surface area (Å²) >= 11 is 1.58. The van der Waals surface area contributed by atoms with Gasteiger partial charge in [-0.1, -0.05) is 6.08 Å². The molecule has 1 aromatic rings. The lowest BCUT2D eigenvalue weighted by atomic mass is 10.3. The highest BCUT2D eigenvalue weighted by Crippen LogP contribution is 2.15. The Morgan fingerprint density at radius 2 is 2.60 bits per heavy atom. The van der Waals surface area contributed by atoms with Crippen molar-refractivity contribution in [2.75, 3.05) is 13.1 Å². The van der Waals surface area contributed by atoms with Crippen molar-refractivity contribution < 1.29 is 4.79 Å². The molecule has 15 heavy (non-hydrogen) atoms. The van der Waals surface area contributed by atoms with Crippen LogP contribution in [0.3, 0.4) is 0 Å². The van der Waals surface area contributed by atoms with Crippen LogP contribution in [0.25, 0.3) is 0 Å². The van der Waals surface area contributed by atoms with Crippen molar-refractivity contribution in [3.05, 3.63) is 29.2 Å². The Balaban J connectivity index is 2.25. The number of nitrogens with one attached hydrogen (secondary N) is 2. The Bertz CT molecular complexity index is 310. The monoisotopic (exact) mass is 225 g/mol.